The van der Waals surface area contributed by atoms with E-state index in [-0.39, 0.29) is 5.60 Å². The number of imidazole rings is 1. The molecule has 1 atom stereocenters. The molecule has 1 aliphatic rings. The first-order valence-corrected chi connectivity index (χ1v) is 6.01. The Kier molecular flexibility index (Phi) is 3.61. The van der Waals surface area contributed by atoms with Gasteiger partial charge in [-0.15, -0.1) is 0 Å². The van der Waals surface area contributed by atoms with Crippen LogP contribution in [-0.4, -0.2) is 34.8 Å². The molecule has 16 heavy (non-hydrogen) atoms. The predicted octanol–water partition coefficient (Wildman–Crippen LogP) is 1.50. The molecule has 0 amide bonds. The van der Waals surface area contributed by atoms with Gasteiger partial charge in [-0.2, -0.15) is 0 Å². The molecule has 0 bridgehead atoms. The molecule has 1 fully saturated rings. The summed E-state index contributed by atoms with van der Waals surface area (Å²) in [6.07, 6.45) is 6.83. The van der Waals surface area contributed by atoms with Crippen molar-refractivity contribution in [3.63, 3.8) is 0 Å². The highest BCUT2D eigenvalue weighted by Gasteiger charge is 2.28. The Morgan fingerprint density at radius 3 is 3.19 bits per heavy atom. The number of aromatic amines is 1. The molecule has 0 aromatic carbocycles. The van der Waals surface area contributed by atoms with E-state index >= 15 is 0 Å². The van der Waals surface area contributed by atoms with Crippen LogP contribution in [0.25, 0.3) is 0 Å². The van der Waals surface area contributed by atoms with Gasteiger partial charge in [0.25, 0.3) is 0 Å². The van der Waals surface area contributed by atoms with Crippen LogP contribution < -0.4 is 5.32 Å². The van der Waals surface area contributed by atoms with Gasteiger partial charge in [-0.3, -0.25) is 0 Å². The molecule has 0 radical (unpaired) electrons. The Balaban J connectivity index is 1.70. The van der Waals surface area contributed by atoms with Gasteiger partial charge >= 0.3 is 0 Å². The maximum atomic E-state index is 5.69. The van der Waals surface area contributed by atoms with Crippen molar-refractivity contribution in [2.45, 2.75) is 44.8 Å². The summed E-state index contributed by atoms with van der Waals surface area (Å²) in [7, 11) is 0. The molecule has 2 heterocycles. The second kappa shape index (κ2) is 4.97. The molecule has 1 aliphatic heterocycles. The van der Waals surface area contributed by atoms with Gasteiger partial charge in [-0.25, -0.2) is 4.98 Å². The smallest absolute Gasteiger partial charge is 0.107 e. The summed E-state index contributed by atoms with van der Waals surface area (Å²) in [5, 5.41) is 3.58. The molecule has 0 saturated carbocycles. The SMILES string of the molecule is CC1(C)CC(NCCc2ncc[nH]2)CCO1. The number of nitrogens with zero attached hydrogens (tertiary/aromatic N) is 1. The zero-order valence-electron chi connectivity index (χ0n) is 10.1. The average Bonchev–Trinajstić information content (AvgIpc) is 2.69. The third kappa shape index (κ3) is 3.32. The molecule has 1 unspecified atom stereocenters. The minimum absolute atomic E-state index is 0.0284. The van der Waals surface area contributed by atoms with Crippen molar-refractivity contribution < 1.29 is 4.74 Å². The van der Waals surface area contributed by atoms with E-state index in [4.69, 9.17) is 4.74 Å². The van der Waals surface area contributed by atoms with E-state index in [1.165, 1.54) is 0 Å². The van der Waals surface area contributed by atoms with Gasteiger partial charge in [0.15, 0.2) is 0 Å². The number of aromatic nitrogens is 2. The maximum Gasteiger partial charge on any atom is 0.107 e. The van der Waals surface area contributed by atoms with Gasteiger partial charge in [0, 0.05) is 38.0 Å². The molecular formula is C12H21N3O. The van der Waals surface area contributed by atoms with Crippen molar-refractivity contribution in [3.05, 3.63) is 18.2 Å². The van der Waals surface area contributed by atoms with E-state index in [1.807, 2.05) is 6.20 Å². The fraction of sp³-hybridized carbons (Fsp3) is 0.750. The lowest BCUT2D eigenvalue weighted by Crippen LogP contribution is -2.44. The van der Waals surface area contributed by atoms with Crippen molar-refractivity contribution in [2.24, 2.45) is 0 Å². The number of hydrogen-bond donors (Lipinski definition) is 2. The second-order valence-corrected chi connectivity index (χ2v) is 5.04. The largest absolute Gasteiger partial charge is 0.375 e. The predicted molar refractivity (Wildman–Crippen MR) is 63.3 cm³/mol. The van der Waals surface area contributed by atoms with E-state index in [0.29, 0.717) is 6.04 Å². The van der Waals surface area contributed by atoms with E-state index in [9.17, 15) is 0 Å². The standard InChI is InChI=1S/C12H21N3O/c1-12(2)9-10(4-8-16-12)13-5-3-11-14-6-7-15-11/h6-7,10,13H,3-5,8-9H2,1-2H3,(H,14,15). The zero-order valence-corrected chi connectivity index (χ0v) is 10.1. The second-order valence-electron chi connectivity index (χ2n) is 5.04. The van der Waals surface area contributed by atoms with Crippen LogP contribution in [0.5, 0.6) is 0 Å². The first kappa shape index (κ1) is 11.6. The Morgan fingerprint density at radius 2 is 2.50 bits per heavy atom. The molecule has 4 heteroatoms. The van der Waals surface area contributed by atoms with E-state index in [2.05, 4.69) is 29.1 Å². The normalized spacial score (nSPS) is 24.5. The number of hydrogen-bond acceptors (Lipinski definition) is 3. The van der Waals surface area contributed by atoms with Crippen LogP contribution in [0.4, 0.5) is 0 Å². The third-order valence-electron chi connectivity index (χ3n) is 3.05. The summed E-state index contributed by atoms with van der Waals surface area (Å²) >= 11 is 0. The highest BCUT2D eigenvalue weighted by Crippen LogP contribution is 2.23. The molecule has 1 aromatic heterocycles. The maximum absolute atomic E-state index is 5.69. The molecule has 2 rings (SSSR count). The number of H-pyrrole nitrogens is 1. The van der Waals surface area contributed by atoms with Crippen LogP contribution >= 0.6 is 0 Å². The van der Waals surface area contributed by atoms with Crippen molar-refractivity contribution in [1.82, 2.24) is 15.3 Å². The minimum Gasteiger partial charge on any atom is -0.375 e. The van der Waals surface area contributed by atoms with Gasteiger partial charge < -0.3 is 15.0 Å². The third-order valence-corrected chi connectivity index (χ3v) is 3.05. The Hall–Kier alpha value is -0.870. The summed E-state index contributed by atoms with van der Waals surface area (Å²) in [5.74, 6) is 1.05. The van der Waals surface area contributed by atoms with Crippen molar-refractivity contribution in [1.29, 1.82) is 0 Å². The summed E-state index contributed by atoms with van der Waals surface area (Å²) < 4.78 is 5.69. The first-order chi connectivity index (χ1) is 7.66. The molecule has 1 aromatic rings. The lowest BCUT2D eigenvalue weighted by molar-refractivity contribution is -0.0627. The highest BCUT2D eigenvalue weighted by molar-refractivity contribution is 4.89. The van der Waals surface area contributed by atoms with Crippen molar-refractivity contribution >= 4 is 0 Å². The van der Waals surface area contributed by atoms with Gasteiger partial charge in [0.1, 0.15) is 5.82 Å². The fourth-order valence-corrected chi connectivity index (χ4v) is 2.24. The van der Waals surface area contributed by atoms with Crippen LogP contribution in [0, 0.1) is 0 Å². The summed E-state index contributed by atoms with van der Waals surface area (Å²) in [5.41, 5.74) is 0.0284. The number of ether oxygens (including phenoxy) is 1. The van der Waals surface area contributed by atoms with Crippen LogP contribution in [0.3, 0.4) is 0 Å². The van der Waals surface area contributed by atoms with Crippen molar-refractivity contribution in [3.8, 4) is 0 Å². The molecule has 0 spiro atoms. The molecule has 1 saturated heterocycles. The molecule has 90 valence electrons. The van der Waals surface area contributed by atoms with Crippen LogP contribution in [0.15, 0.2) is 12.4 Å². The van der Waals surface area contributed by atoms with Gasteiger partial charge in [0.05, 0.1) is 5.60 Å². The monoisotopic (exact) mass is 223 g/mol. The van der Waals surface area contributed by atoms with Gasteiger partial charge in [0.2, 0.25) is 0 Å². The quantitative estimate of drug-likeness (QED) is 0.813. The Morgan fingerprint density at radius 1 is 1.62 bits per heavy atom. The number of nitrogens with one attached hydrogen (secondary N) is 2. The Labute approximate surface area is 96.8 Å². The molecule has 2 N–H and O–H groups in total. The zero-order chi connectivity index (χ0) is 11.4. The molecule has 4 nitrogen and oxygen atoms in total. The van der Waals surface area contributed by atoms with Crippen LogP contribution in [0.2, 0.25) is 0 Å². The van der Waals surface area contributed by atoms with Gasteiger partial charge in [-0.1, -0.05) is 0 Å². The van der Waals surface area contributed by atoms with Crippen LogP contribution in [-0.2, 0) is 11.2 Å². The minimum atomic E-state index is 0.0284. The molecule has 0 aliphatic carbocycles. The van der Waals surface area contributed by atoms with E-state index in [0.717, 1.165) is 38.2 Å². The van der Waals surface area contributed by atoms with Crippen molar-refractivity contribution in [2.75, 3.05) is 13.2 Å². The van der Waals surface area contributed by atoms with Crippen LogP contribution in [0.1, 0.15) is 32.5 Å². The Bertz CT molecular complexity index is 308. The highest BCUT2D eigenvalue weighted by atomic mass is 16.5. The first-order valence-electron chi connectivity index (χ1n) is 6.01. The average molecular weight is 223 g/mol. The summed E-state index contributed by atoms with van der Waals surface area (Å²) in [4.78, 5) is 7.32. The van der Waals surface area contributed by atoms with E-state index < -0.39 is 0 Å². The number of rotatable bonds is 4. The lowest BCUT2D eigenvalue weighted by atomic mass is 9.94. The fourth-order valence-electron chi connectivity index (χ4n) is 2.24. The molecular weight excluding hydrogens is 202 g/mol. The topological polar surface area (TPSA) is 49.9 Å². The summed E-state index contributed by atoms with van der Waals surface area (Å²) in [6, 6.07) is 0.582. The van der Waals surface area contributed by atoms with E-state index in [1.54, 1.807) is 6.20 Å². The summed E-state index contributed by atoms with van der Waals surface area (Å²) in [6.45, 7) is 6.17. The van der Waals surface area contributed by atoms with Gasteiger partial charge in [-0.05, 0) is 26.7 Å². The lowest BCUT2D eigenvalue weighted by Gasteiger charge is -2.35.